The van der Waals surface area contributed by atoms with Crippen LogP contribution in [-0.4, -0.2) is 24.0 Å². The zero-order chi connectivity index (χ0) is 13.7. The Balaban J connectivity index is 2.05. The molecule has 1 aliphatic carbocycles. The Morgan fingerprint density at radius 2 is 1.74 bits per heavy atom. The molecule has 19 heavy (non-hydrogen) atoms. The first-order chi connectivity index (χ1) is 9.19. The van der Waals surface area contributed by atoms with Gasteiger partial charge in [0.1, 0.15) is 11.6 Å². The molecule has 4 heteroatoms. The van der Waals surface area contributed by atoms with Crippen LogP contribution >= 0.6 is 0 Å². The van der Waals surface area contributed by atoms with Gasteiger partial charge in [0.2, 0.25) is 0 Å². The number of hydrogen-bond acceptors (Lipinski definition) is 2. The highest BCUT2D eigenvalue weighted by atomic mass is 19.1. The summed E-state index contributed by atoms with van der Waals surface area (Å²) in [6.45, 7) is 2.17. The highest BCUT2D eigenvalue weighted by Gasteiger charge is 2.22. The third kappa shape index (κ3) is 4.25. The molecule has 0 aliphatic heterocycles. The van der Waals surface area contributed by atoms with Crippen molar-refractivity contribution in [2.45, 2.75) is 44.7 Å². The minimum Gasteiger partial charge on any atom is -0.330 e. The molecular weight excluding hydrogens is 246 g/mol. The van der Waals surface area contributed by atoms with Gasteiger partial charge in [0.25, 0.3) is 0 Å². The van der Waals surface area contributed by atoms with Crippen LogP contribution < -0.4 is 5.73 Å². The van der Waals surface area contributed by atoms with E-state index in [1.165, 1.54) is 37.8 Å². The number of nitrogens with two attached hydrogens (primary N) is 1. The number of benzene rings is 1. The Labute approximate surface area is 113 Å². The third-order valence-corrected chi connectivity index (χ3v) is 3.80. The summed E-state index contributed by atoms with van der Waals surface area (Å²) < 4.78 is 26.5. The summed E-state index contributed by atoms with van der Waals surface area (Å²) in [6, 6.07) is 4.31. The number of nitrogens with zero attached hydrogens (tertiary/aromatic N) is 1. The fourth-order valence-corrected chi connectivity index (χ4v) is 2.89. The van der Waals surface area contributed by atoms with E-state index in [1.54, 1.807) is 0 Å². The topological polar surface area (TPSA) is 29.3 Å². The number of rotatable bonds is 6. The molecule has 0 bridgehead atoms. The molecule has 1 aliphatic rings. The van der Waals surface area contributed by atoms with Gasteiger partial charge in [0.05, 0.1) is 0 Å². The maximum absolute atomic E-state index is 13.2. The second kappa shape index (κ2) is 6.96. The third-order valence-electron chi connectivity index (χ3n) is 3.80. The molecule has 106 valence electrons. The molecule has 1 saturated carbocycles. The van der Waals surface area contributed by atoms with Gasteiger partial charge in [0.15, 0.2) is 0 Å². The van der Waals surface area contributed by atoms with Crippen LogP contribution in [-0.2, 0) is 6.54 Å². The normalized spacial score (nSPS) is 16.4. The average molecular weight is 268 g/mol. The molecule has 1 fully saturated rings. The minimum atomic E-state index is -0.500. The highest BCUT2D eigenvalue weighted by Crippen LogP contribution is 2.25. The van der Waals surface area contributed by atoms with Crippen LogP contribution in [0.2, 0.25) is 0 Å². The summed E-state index contributed by atoms with van der Waals surface area (Å²) in [5.74, 6) is -1.000. The molecule has 1 aromatic rings. The van der Waals surface area contributed by atoms with E-state index >= 15 is 0 Å². The Bertz CT molecular complexity index is 383. The van der Waals surface area contributed by atoms with Crippen LogP contribution in [0.5, 0.6) is 0 Å². The van der Waals surface area contributed by atoms with Crippen molar-refractivity contribution in [3.8, 4) is 0 Å². The number of halogens is 2. The van der Waals surface area contributed by atoms with Gasteiger partial charge in [-0.2, -0.15) is 0 Å². The molecule has 2 rings (SSSR count). The van der Waals surface area contributed by atoms with Crippen LogP contribution in [0, 0.1) is 11.6 Å². The van der Waals surface area contributed by atoms with E-state index in [0.717, 1.165) is 19.0 Å². The Morgan fingerprint density at radius 3 is 2.32 bits per heavy atom. The highest BCUT2D eigenvalue weighted by molar-refractivity contribution is 5.18. The van der Waals surface area contributed by atoms with E-state index in [1.807, 2.05) is 0 Å². The van der Waals surface area contributed by atoms with Gasteiger partial charge in [0, 0.05) is 18.7 Å². The summed E-state index contributed by atoms with van der Waals surface area (Å²) in [6.07, 6.45) is 5.79. The molecule has 0 atom stereocenters. The van der Waals surface area contributed by atoms with Gasteiger partial charge in [-0.15, -0.1) is 0 Å². The minimum absolute atomic E-state index is 0.500. The molecule has 0 unspecified atom stereocenters. The van der Waals surface area contributed by atoms with Gasteiger partial charge in [-0.05, 0) is 50.0 Å². The van der Waals surface area contributed by atoms with Crippen molar-refractivity contribution in [1.29, 1.82) is 0 Å². The second-order valence-corrected chi connectivity index (χ2v) is 5.33. The Kier molecular flexibility index (Phi) is 5.28. The predicted molar refractivity (Wildman–Crippen MR) is 72.7 cm³/mol. The predicted octanol–water partition coefficient (Wildman–Crippen LogP) is 3.06. The summed E-state index contributed by atoms with van der Waals surface area (Å²) in [4.78, 5) is 2.33. The summed E-state index contributed by atoms with van der Waals surface area (Å²) in [5.41, 5.74) is 6.28. The van der Waals surface area contributed by atoms with Crippen molar-refractivity contribution >= 4 is 0 Å². The standard InChI is InChI=1S/C15H22F2N2/c16-13-8-12(9-14(17)10-13)11-19(7-3-6-18)15-4-1-2-5-15/h8-10,15H,1-7,11,18H2. The van der Waals surface area contributed by atoms with Gasteiger partial charge in [-0.1, -0.05) is 12.8 Å². The quantitative estimate of drug-likeness (QED) is 0.859. The lowest BCUT2D eigenvalue weighted by atomic mass is 10.1. The lowest BCUT2D eigenvalue weighted by molar-refractivity contribution is 0.188. The maximum atomic E-state index is 13.2. The second-order valence-electron chi connectivity index (χ2n) is 5.33. The SMILES string of the molecule is NCCCN(Cc1cc(F)cc(F)c1)C1CCCC1. The van der Waals surface area contributed by atoms with Crippen LogP contribution in [0.25, 0.3) is 0 Å². The summed E-state index contributed by atoms with van der Waals surface area (Å²) in [5, 5.41) is 0. The van der Waals surface area contributed by atoms with Crippen molar-refractivity contribution < 1.29 is 8.78 Å². The zero-order valence-electron chi connectivity index (χ0n) is 11.2. The van der Waals surface area contributed by atoms with Crippen LogP contribution in [0.4, 0.5) is 8.78 Å². The lowest BCUT2D eigenvalue weighted by Crippen LogP contribution is -2.34. The lowest BCUT2D eigenvalue weighted by Gasteiger charge is -2.28. The zero-order valence-corrected chi connectivity index (χ0v) is 11.2. The molecule has 2 nitrogen and oxygen atoms in total. The first-order valence-corrected chi connectivity index (χ1v) is 7.08. The van der Waals surface area contributed by atoms with Crippen LogP contribution in [0.15, 0.2) is 18.2 Å². The Hall–Kier alpha value is -1.00. The number of hydrogen-bond donors (Lipinski definition) is 1. The Morgan fingerprint density at radius 1 is 1.11 bits per heavy atom. The van der Waals surface area contributed by atoms with Crippen LogP contribution in [0.1, 0.15) is 37.7 Å². The molecule has 2 N–H and O–H groups in total. The van der Waals surface area contributed by atoms with E-state index in [2.05, 4.69) is 4.90 Å². The molecule has 0 radical (unpaired) electrons. The first kappa shape index (κ1) is 14.4. The molecular formula is C15H22F2N2. The molecule has 1 aromatic carbocycles. The van der Waals surface area contributed by atoms with Gasteiger partial charge >= 0.3 is 0 Å². The first-order valence-electron chi connectivity index (χ1n) is 7.08. The summed E-state index contributed by atoms with van der Waals surface area (Å²) in [7, 11) is 0. The fourth-order valence-electron chi connectivity index (χ4n) is 2.89. The van der Waals surface area contributed by atoms with Gasteiger partial charge in [-0.3, -0.25) is 4.90 Å². The smallest absolute Gasteiger partial charge is 0.126 e. The fraction of sp³-hybridized carbons (Fsp3) is 0.600. The van der Waals surface area contributed by atoms with E-state index in [0.29, 0.717) is 24.7 Å². The van der Waals surface area contributed by atoms with Crippen molar-refractivity contribution in [2.75, 3.05) is 13.1 Å². The van der Waals surface area contributed by atoms with E-state index in [-0.39, 0.29) is 0 Å². The van der Waals surface area contributed by atoms with E-state index in [4.69, 9.17) is 5.73 Å². The maximum Gasteiger partial charge on any atom is 0.126 e. The molecule has 0 saturated heterocycles. The molecule has 0 heterocycles. The molecule has 0 amide bonds. The van der Waals surface area contributed by atoms with Crippen molar-refractivity contribution in [1.82, 2.24) is 4.90 Å². The van der Waals surface area contributed by atoms with E-state index in [9.17, 15) is 8.78 Å². The van der Waals surface area contributed by atoms with Crippen molar-refractivity contribution in [3.63, 3.8) is 0 Å². The van der Waals surface area contributed by atoms with Crippen molar-refractivity contribution in [3.05, 3.63) is 35.4 Å². The largest absolute Gasteiger partial charge is 0.330 e. The summed E-state index contributed by atoms with van der Waals surface area (Å²) >= 11 is 0. The van der Waals surface area contributed by atoms with Crippen molar-refractivity contribution in [2.24, 2.45) is 5.73 Å². The van der Waals surface area contributed by atoms with Gasteiger partial charge in [-0.25, -0.2) is 8.78 Å². The average Bonchev–Trinajstić information content (AvgIpc) is 2.87. The molecule has 0 aromatic heterocycles. The molecule has 0 spiro atoms. The van der Waals surface area contributed by atoms with E-state index < -0.39 is 11.6 Å². The van der Waals surface area contributed by atoms with Crippen LogP contribution in [0.3, 0.4) is 0 Å². The monoisotopic (exact) mass is 268 g/mol. The van der Waals surface area contributed by atoms with Gasteiger partial charge < -0.3 is 5.73 Å².